The smallest absolute Gasteiger partial charge is 0.305 e. The molecule has 0 aromatic heterocycles. The Hall–Kier alpha value is -1.66. The van der Waals surface area contributed by atoms with Gasteiger partial charge in [-0.15, -0.1) is 0 Å². The lowest BCUT2D eigenvalue weighted by Gasteiger charge is -2.22. The molecule has 0 fully saturated rings. The Morgan fingerprint density at radius 1 is 0.431 bits per heavy atom. The summed E-state index contributed by atoms with van der Waals surface area (Å²) in [6.45, 7) is 4.92. The van der Waals surface area contributed by atoms with E-state index in [0.29, 0.717) is 25.9 Å². The molecule has 0 aliphatic carbocycles. The van der Waals surface area contributed by atoms with Gasteiger partial charge in [-0.3, -0.25) is 9.59 Å². The Bertz CT molecular complexity index is 1010. The summed E-state index contributed by atoms with van der Waals surface area (Å²) in [6, 6.07) is -0.549. The van der Waals surface area contributed by atoms with E-state index in [9.17, 15) is 19.8 Å². The summed E-state index contributed by atoms with van der Waals surface area (Å²) >= 11 is 0. The summed E-state index contributed by atoms with van der Waals surface area (Å²) in [6.07, 6.45) is 65.9. The summed E-state index contributed by atoms with van der Waals surface area (Å²) < 4.78 is 5.48. The van der Waals surface area contributed by atoms with Gasteiger partial charge in [0.25, 0.3) is 0 Å². The summed E-state index contributed by atoms with van der Waals surface area (Å²) in [7, 11) is 0. The molecule has 0 heterocycles. The number of esters is 1. The highest BCUT2D eigenvalue weighted by Crippen LogP contribution is 2.17. The van der Waals surface area contributed by atoms with E-state index in [0.717, 1.165) is 57.8 Å². The average molecular weight is 917 g/mol. The van der Waals surface area contributed by atoms with Crippen molar-refractivity contribution in [3.8, 4) is 0 Å². The molecule has 2 unspecified atom stereocenters. The van der Waals surface area contributed by atoms with E-state index < -0.39 is 12.1 Å². The van der Waals surface area contributed by atoms with Crippen LogP contribution in [0.3, 0.4) is 0 Å². The second-order valence-corrected chi connectivity index (χ2v) is 20.0. The molecule has 3 N–H and O–H groups in total. The average Bonchev–Trinajstić information content (AvgIpc) is 3.31. The number of unbranched alkanes of at least 4 members (excludes halogenated alkanes) is 39. The standard InChI is InChI=1S/C59H113NO5/c1-3-5-7-9-11-13-15-17-19-20-21-22-24-29-33-37-41-45-49-53-59(64)65-54-50-46-42-38-34-30-26-25-28-32-36-40-44-48-52-58(63)60-56(55-61)57(62)51-47-43-39-35-31-27-23-18-16-14-12-10-8-6-4-2/h11,13,17,19,56-57,61-62H,3-10,12,14-16,18,20-55H2,1-2H3,(H,60,63)/b13-11-,19-17-. The molecule has 0 aliphatic rings. The van der Waals surface area contributed by atoms with Crippen LogP contribution in [-0.2, 0) is 14.3 Å². The number of ether oxygens (including phenoxy) is 1. The van der Waals surface area contributed by atoms with E-state index in [1.807, 2.05) is 0 Å². The summed E-state index contributed by atoms with van der Waals surface area (Å²) in [5, 5.41) is 23.3. The molecule has 0 saturated heterocycles. The van der Waals surface area contributed by atoms with E-state index in [4.69, 9.17) is 4.74 Å². The molecule has 0 radical (unpaired) electrons. The van der Waals surface area contributed by atoms with Gasteiger partial charge in [0.05, 0.1) is 25.4 Å². The number of carbonyl (C=O) groups excluding carboxylic acids is 2. The molecule has 0 aromatic carbocycles. The van der Waals surface area contributed by atoms with Gasteiger partial charge < -0.3 is 20.3 Å². The molecule has 2 atom stereocenters. The lowest BCUT2D eigenvalue weighted by atomic mass is 10.0. The van der Waals surface area contributed by atoms with E-state index in [1.165, 1.54) is 225 Å². The third-order valence-corrected chi connectivity index (χ3v) is 13.5. The third kappa shape index (κ3) is 51.6. The number of aliphatic hydroxyl groups excluding tert-OH is 2. The number of allylic oxidation sites excluding steroid dienone is 4. The Morgan fingerprint density at radius 2 is 0.769 bits per heavy atom. The zero-order valence-corrected chi connectivity index (χ0v) is 43.7. The summed E-state index contributed by atoms with van der Waals surface area (Å²) in [4.78, 5) is 24.6. The predicted octanol–water partition coefficient (Wildman–Crippen LogP) is 17.9. The van der Waals surface area contributed by atoms with Gasteiger partial charge in [-0.05, 0) is 57.8 Å². The molecule has 1 amide bonds. The Morgan fingerprint density at radius 3 is 1.20 bits per heavy atom. The SMILES string of the molecule is CCCCC/C=C\C/C=C\CCCCCCCCCCCC(=O)OCCCCCCCCCCCCCCCCC(=O)NC(CO)C(O)CCCCCCCCCCCCCCCCC. The second-order valence-electron chi connectivity index (χ2n) is 20.0. The highest BCUT2D eigenvalue weighted by Gasteiger charge is 2.20. The van der Waals surface area contributed by atoms with Crippen LogP contribution in [0.25, 0.3) is 0 Å². The fourth-order valence-corrected chi connectivity index (χ4v) is 9.02. The van der Waals surface area contributed by atoms with Gasteiger partial charge >= 0.3 is 5.97 Å². The predicted molar refractivity (Wildman–Crippen MR) is 283 cm³/mol. The van der Waals surface area contributed by atoms with Crippen LogP contribution in [0.4, 0.5) is 0 Å². The van der Waals surface area contributed by atoms with Crippen LogP contribution in [0.15, 0.2) is 24.3 Å². The zero-order chi connectivity index (χ0) is 47.2. The molecule has 6 heteroatoms. The first kappa shape index (κ1) is 63.3. The number of aliphatic hydroxyl groups is 2. The number of nitrogens with one attached hydrogen (secondary N) is 1. The van der Waals surface area contributed by atoms with Gasteiger partial charge in [-0.25, -0.2) is 0 Å². The van der Waals surface area contributed by atoms with Gasteiger partial charge in [0.1, 0.15) is 0 Å². The second kappa shape index (κ2) is 54.9. The number of hydrogen-bond acceptors (Lipinski definition) is 5. The minimum absolute atomic E-state index is 0.00548. The van der Waals surface area contributed by atoms with Crippen LogP contribution >= 0.6 is 0 Å². The molecular weight excluding hydrogens is 803 g/mol. The van der Waals surface area contributed by atoms with E-state index in [1.54, 1.807) is 0 Å². The Kier molecular flexibility index (Phi) is 53.5. The normalized spacial score (nSPS) is 12.7. The minimum atomic E-state index is -0.671. The van der Waals surface area contributed by atoms with Crippen molar-refractivity contribution in [2.24, 2.45) is 0 Å². The molecule has 6 nitrogen and oxygen atoms in total. The molecule has 0 aromatic rings. The van der Waals surface area contributed by atoms with Gasteiger partial charge in [-0.1, -0.05) is 269 Å². The van der Waals surface area contributed by atoms with Gasteiger partial charge in [0, 0.05) is 12.8 Å². The first-order valence-corrected chi connectivity index (χ1v) is 29.1. The molecule has 0 aliphatic heterocycles. The fraction of sp³-hybridized carbons (Fsp3) is 0.898. The van der Waals surface area contributed by atoms with Crippen molar-refractivity contribution in [2.45, 2.75) is 328 Å². The molecule has 65 heavy (non-hydrogen) atoms. The van der Waals surface area contributed by atoms with Crippen molar-refractivity contribution in [3.63, 3.8) is 0 Å². The molecular formula is C59H113NO5. The fourth-order valence-electron chi connectivity index (χ4n) is 9.02. The van der Waals surface area contributed by atoms with Crippen LogP contribution in [0.1, 0.15) is 316 Å². The maximum atomic E-state index is 12.5. The van der Waals surface area contributed by atoms with Gasteiger partial charge in [0.2, 0.25) is 5.91 Å². The lowest BCUT2D eigenvalue weighted by Crippen LogP contribution is -2.45. The zero-order valence-electron chi connectivity index (χ0n) is 43.7. The molecule has 0 rings (SSSR count). The molecule has 0 bridgehead atoms. The topological polar surface area (TPSA) is 95.9 Å². The van der Waals surface area contributed by atoms with Crippen molar-refractivity contribution in [1.82, 2.24) is 5.32 Å². The van der Waals surface area contributed by atoms with Crippen LogP contribution in [0.2, 0.25) is 0 Å². The van der Waals surface area contributed by atoms with Crippen LogP contribution in [0.5, 0.6) is 0 Å². The van der Waals surface area contributed by atoms with Crippen molar-refractivity contribution in [2.75, 3.05) is 13.2 Å². The number of amides is 1. The minimum Gasteiger partial charge on any atom is -0.466 e. The quantitative estimate of drug-likeness (QED) is 0.0321. The molecule has 0 saturated carbocycles. The van der Waals surface area contributed by atoms with Crippen molar-refractivity contribution < 1.29 is 24.5 Å². The summed E-state index contributed by atoms with van der Waals surface area (Å²) in [5.74, 6) is -0.0496. The van der Waals surface area contributed by atoms with Crippen LogP contribution < -0.4 is 5.32 Å². The van der Waals surface area contributed by atoms with Crippen molar-refractivity contribution >= 4 is 11.9 Å². The van der Waals surface area contributed by atoms with Gasteiger partial charge in [-0.2, -0.15) is 0 Å². The monoisotopic (exact) mass is 916 g/mol. The first-order chi connectivity index (χ1) is 32.0. The van der Waals surface area contributed by atoms with Crippen molar-refractivity contribution in [3.05, 3.63) is 24.3 Å². The summed E-state index contributed by atoms with van der Waals surface area (Å²) in [5.41, 5.74) is 0. The first-order valence-electron chi connectivity index (χ1n) is 29.1. The molecule has 384 valence electrons. The van der Waals surface area contributed by atoms with E-state index in [2.05, 4.69) is 43.5 Å². The Balaban J connectivity index is 3.42. The molecule has 0 spiro atoms. The van der Waals surface area contributed by atoms with Gasteiger partial charge in [0.15, 0.2) is 0 Å². The third-order valence-electron chi connectivity index (χ3n) is 13.5. The lowest BCUT2D eigenvalue weighted by molar-refractivity contribution is -0.143. The number of hydrogen-bond donors (Lipinski definition) is 3. The van der Waals surface area contributed by atoms with Crippen LogP contribution in [-0.4, -0.2) is 47.4 Å². The van der Waals surface area contributed by atoms with E-state index >= 15 is 0 Å². The number of carbonyl (C=O) groups is 2. The maximum absolute atomic E-state index is 12.5. The van der Waals surface area contributed by atoms with Crippen molar-refractivity contribution in [1.29, 1.82) is 0 Å². The maximum Gasteiger partial charge on any atom is 0.305 e. The highest BCUT2D eigenvalue weighted by molar-refractivity contribution is 5.76. The van der Waals surface area contributed by atoms with E-state index in [-0.39, 0.29) is 18.5 Å². The number of rotatable bonds is 54. The highest BCUT2D eigenvalue weighted by atomic mass is 16.5. The Labute approximate surface area is 405 Å². The largest absolute Gasteiger partial charge is 0.466 e. The van der Waals surface area contributed by atoms with Crippen LogP contribution in [0, 0.1) is 0 Å².